The Morgan fingerprint density at radius 1 is 1.29 bits per heavy atom. The van der Waals surface area contributed by atoms with Crippen LogP contribution in [0.3, 0.4) is 0 Å². The molecule has 1 rings (SSSR count). The summed E-state index contributed by atoms with van der Waals surface area (Å²) in [6, 6.07) is 0. The van der Waals surface area contributed by atoms with E-state index in [0.717, 1.165) is 32.1 Å². The lowest BCUT2D eigenvalue weighted by Gasteiger charge is -2.43. The van der Waals surface area contributed by atoms with Crippen LogP contribution in [0.4, 0.5) is 0 Å². The zero-order valence-electron chi connectivity index (χ0n) is 10.7. The van der Waals surface area contributed by atoms with Crippen LogP contribution < -0.4 is 5.32 Å². The Kier molecular flexibility index (Phi) is 4.93. The predicted molar refractivity (Wildman–Crippen MR) is 64.8 cm³/mol. The number of nitrogens with one attached hydrogen (secondary N) is 1. The molecule has 0 unspecified atom stereocenters. The lowest BCUT2D eigenvalue weighted by atomic mass is 9.78. The molecule has 1 aliphatic carbocycles. The van der Waals surface area contributed by atoms with Gasteiger partial charge in [0.15, 0.2) is 0 Å². The quantitative estimate of drug-likeness (QED) is 0.749. The van der Waals surface area contributed by atoms with Gasteiger partial charge in [0.25, 0.3) is 0 Å². The number of amides is 1. The number of hydrogen-bond acceptors (Lipinski definition) is 3. The third-order valence-corrected chi connectivity index (χ3v) is 3.73. The van der Waals surface area contributed by atoms with Gasteiger partial charge in [-0.05, 0) is 19.9 Å². The second-order valence-electron chi connectivity index (χ2n) is 4.88. The predicted octanol–water partition coefficient (Wildman–Crippen LogP) is 0.842. The van der Waals surface area contributed by atoms with Gasteiger partial charge in [-0.2, -0.15) is 0 Å². The zero-order valence-corrected chi connectivity index (χ0v) is 10.7. The van der Waals surface area contributed by atoms with Crippen molar-refractivity contribution in [3.8, 4) is 0 Å². The minimum Gasteiger partial charge on any atom is -0.481 e. The van der Waals surface area contributed by atoms with Gasteiger partial charge in [0.1, 0.15) is 0 Å². The van der Waals surface area contributed by atoms with Crippen LogP contribution in [0.5, 0.6) is 0 Å². The third-order valence-electron chi connectivity index (χ3n) is 3.73. The van der Waals surface area contributed by atoms with Crippen LogP contribution in [0.25, 0.3) is 0 Å². The Hall–Kier alpha value is -1.10. The molecule has 0 aliphatic heterocycles. The molecule has 1 saturated carbocycles. The Bertz CT molecular complexity index is 285. The van der Waals surface area contributed by atoms with Crippen LogP contribution >= 0.6 is 0 Å². The van der Waals surface area contributed by atoms with E-state index in [-0.39, 0.29) is 24.4 Å². The van der Waals surface area contributed by atoms with Crippen molar-refractivity contribution in [2.24, 2.45) is 0 Å². The molecular formula is C12H22N2O3. The molecule has 1 fully saturated rings. The van der Waals surface area contributed by atoms with E-state index in [1.54, 1.807) is 7.05 Å². The van der Waals surface area contributed by atoms with Crippen LogP contribution in [-0.4, -0.2) is 48.1 Å². The van der Waals surface area contributed by atoms with Gasteiger partial charge in [-0.15, -0.1) is 0 Å². The summed E-state index contributed by atoms with van der Waals surface area (Å²) in [5.74, 6) is -0.849. The van der Waals surface area contributed by atoms with E-state index in [1.807, 2.05) is 11.9 Å². The molecule has 0 atom stereocenters. The molecule has 0 spiro atoms. The van der Waals surface area contributed by atoms with E-state index in [1.165, 1.54) is 0 Å². The highest BCUT2D eigenvalue weighted by molar-refractivity contribution is 5.78. The largest absolute Gasteiger partial charge is 0.481 e. The minimum absolute atomic E-state index is 0.0668. The van der Waals surface area contributed by atoms with Crippen molar-refractivity contribution in [1.82, 2.24) is 10.2 Å². The Morgan fingerprint density at radius 3 is 2.35 bits per heavy atom. The highest BCUT2D eigenvalue weighted by Crippen LogP contribution is 2.35. The van der Waals surface area contributed by atoms with Gasteiger partial charge < -0.3 is 10.4 Å². The highest BCUT2D eigenvalue weighted by atomic mass is 16.4. The van der Waals surface area contributed by atoms with Crippen molar-refractivity contribution >= 4 is 11.9 Å². The van der Waals surface area contributed by atoms with Gasteiger partial charge in [-0.3, -0.25) is 14.5 Å². The average molecular weight is 242 g/mol. The fourth-order valence-electron chi connectivity index (χ4n) is 2.65. The molecule has 0 heterocycles. The van der Waals surface area contributed by atoms with Gasteiger partial charge in [0.2, 0.25) is 5.91 Å². The number of carboxylic acid groups (broad SMARTS) is 1. The van der Waals surface area contributed by atoms with E-state index in [2.05, 4.69) is 5.32 Å². The molecule has 17 heavy (non-hydrogen) atoms. The molecule has 0 aromatic rings. The summed E-state index contributed by atoms with van der Waals surface area (Å²) in [6.07, 6.45) is 5.12. The number of carboxylic acids is 1. The summed E-state index contributed by atoms with van der Waals surface area (Å²) < 4.78 is 0. The fourth-order valence-corrected chi connectivity index (χ4v) is 2.65. The first-order chi connectivity index (χ1) is 8.00. The van der Waals surface area contributed by atoms with Crippen molar-refractivity contribution in [3.05, 3.63) is 0 Å². The third kappa shape index (κ3) is 3.70. The van der Waals surface area contributed by atoms with Crippen molar-refractivity contribution in [1.29, 1.82) is 0 Å². The smallest absolute Gasteiger partial charge is 0.305 e. The normalized spacial score (nSPS) is 19.0. The molecule has 98 valence electrons. The highest BCUT2D eigenvalue weighted by Gasteiger charge is 2.38. The van der Waals surface area contributed by atoms with E-state index < -0.39 is 5.97 Å². The average Bonchev–Trinajstić information content (AvgIpc) is 2.29. The zero-order chi connectivity index (χ0) is 12.9. The molecule has 0 bridgehead atoms. The van der Waals surface area contributed by atoms with Gasteiger partial charge in [0, 0.05) is 12.6 Å². The number of hydrogen-bond donors (Lipinski definition) is 2. The number of aliphatic carboxylic acids is 1. The fraction of sp³-hybridized carbons (Fsp3) is 0.833. The van der Waals surface area contributed by atoms with Crippen molar-refractivity contribution in [2.75, 3.05) is 20.6 Å². The molecule has 5 heteroatoms. The van der Waals surface area contributed by atoms with Crippen LogP contribution in [-0.2, 0) is 9.59 Å². The Morgan fingerprint density at radius 2 is 1.88 bits per heavy atom. The summed E-state index contributed by atoms with van der Waals surface area (Å²) in [4.78, 5) is 24.3. The maximum absolute atomic E-state index is 11.4. The van der Waals surface area contributed by atoms with E-state index in [9.17, 15) is 9.59 Å². The summed E-state index contributed by atoms with van der Waals surface area (Å²) in [6.45, 7) is 0.268. The van der Waals surface area contributed by atoms with Crippen LogP contribution in [0.2, 0.25) is 0 Å². The molecule has 0 aromatic heterocycles. The van der Waals surface area contributed by atoms with Crippen molar-refractivity contribution in [3.63, 3.8) is 0 Å². The second kappa shape index (κ2) is 6.00. The molecule has 0 radical (unpaired) electrons. The lowest BCUT2D eigenvalue weighted by Crippen LogP contribution is -2.52. The number of nitrogens with zero attached hydrogens (tertiary/aromatic N) is 1. The van der Waals surface area contributed by atoms with Gasteiger partial charge in [0.05, 0.1) is 13.0 Å². The molecule has 1 amide bonds. The number of rotatable bonds is 5. The summed E-state index contributed by atoms with van der Waals surface area (Å²) >= 11 is 0. The maximum Gasteiger partial charge on any atom is 0.305 e. The molecule has 0 aromatic carbocycles. The molecule has 1 aliphatic rings. The molecule has 0 saturated heterocycles. The first-order valence-corrected chi connectivity index (χ1v) is 6.14. The van der Waals surface area contributed by atoms with E-state index >= 15 is 0 Å². The van der Waals surface area contributed by atoms with Crippen LogP contribution in [0.15, 0.2) is 0 Å². The van der Waals surface area contributed by atoms with E-state index in [4.69, 9.17) is 5.11 Å². The summed E-state index contributed by atoms with van der Waals surface area (Å²) in [5, 5.41) is 11.6. The monoisotopic (exact) mass is 242 g/mol. The van der Waals surface area contributed by atoms with Gasteiger partial charge >= 0.3 is 5.97 Å². The van der Waals surface area contributed by atoms with Gasteiger partial charge in [-0.25, -0.2) is 0 Å². The summed E-state index contributed by atoms with van der Waals surface area (Å²) in [5.41, 5.74) is -0.337. The van der Waals surface area contributed by atoms with E-state index in [0.29, 0.717) is 0 Å². The number of carbonyl (C=O) groups is 2. The SMILES string of the molecule is CNC(=O)CN(C)C1(CC(=O)O)CCCCC1. The topological polar surface area (TPSA) is 69.6 Å². The Labute approximate surface area is 102 Å². The molecule has 2 N–H and O–H groups in total. The first kappa shape index (κ1) is 14.0. The number of likely N-dealkylation sites (N-methyl/N-ethyl adjacent to an activating group) is 2. The molecule has 5 nitrogen and oxygen atoms in total. The number of carbonyl (C=O) groups excluding carboxylic acids is 1. The maximum atomic E-state index is 11.4. The summed E-state index contributed by atoms with van der Waals surface area (Å²) in [7, 11) is 3.45. The standard InChI is InChI=1S/C12H22N2O3/c1-13-10(15)9-14(2)12(8-11(16)17)6-4-3-5-7-12/h3-9H2,1-2H3,(H,13,15)(H,16,17). The van der Waals surface area contributed by atoms with Crippen molar-refractivity contribution < 1.29 is 14.7 Å². The molecular weight excluding hydrogens is 220 g/mol. The van der Waals surface area contributed by atoms with Gasteiger partial charge in [-0.1, -0.05) is 19.3 Å². The van der Waals surface area contributed by atoms with Crippen LogP contribution in [0.1, 0.15) is 38.5 Å². The second-order valence-corrected chi connectivity index (χ2v) is 4.88. The lowest BCUT2D eigenvalue weighted by molar-refractivity contribution is -0.142. The first-order valence-electron chi connectivity index (χ1n) is 6.14. The Balaban J connectivity index is 2.73. The van der Waals surface area contributed by atoms with Crippen molar-refractivity contribution in [2.45, 2.75) is 44.1 Å². The minimum atomic E-state index is -0.782. The van der Waals surface area contributed by atoms with Crippen LogP contribution in [0, 0.1) is 0 Å².